The van der Waals surface area contributed by atoms with E-state index in [0.29, 0.717) is 6.42 Å². The molecule has 65 heavy (non-hydrogen) atoms. The van der Waals surface area contributed by atoms with Gasteiger partial charge in [-0.15, -0.1) is 0 Å². The number of carbonyl (C=O) groups is 2. The SMILES string of the molecule is CCCCCCCCCCCCCCCCCCCC(=O)O.O=C(O)C(F)(F)C(F)(F)C(F)(F)C(F)(F)C(F)(F)C(F)(F)C(F)(F)C(F)(F)C(F)(F)C(F)(F)C(F)(F)C(F)(F)C(F)(F)F. The van der Waals surface area contributed by atoms with E-state index in [4.69, 9.17) is 10.2 Å². The van der Waals surface area contributed by atoms with Crippen LogP contribution in [0.2, 0.25) is 0 Å². The average molecular weight is 1030 g/mol. The third kappa shape index (κ3) is 12.6. The highest BCUT2D eigenvalue weighted by atomic mass is 19.4. The molecule has 0 saturated heterocycles. The molecule has 0 aromatic carbocycles. The summed E-state index contributed by atoms with van der Waals surface area (Å²) < 4.78 is 354. The highest BCUT2D eigenvalue weighted by molar-refractivity contribution is 5.77. The van der Waals surface area contributed by atoms with Crippen LogP contribution in [0.5, 0.6) is 0 Å². The van der Waals surface area contributed by atoms with E-state index in [1.807, 2.05) is 0 Å². The van der Waals surface area contributed by atoms with Crippen LogP contribution in [0.25, 0.3) is 0 Å². The minimum atomic E-state index is -9.86. The molecule has 0 aromatic heterocycles. The highest BCUT2D eigenvalue weighted by Crippen LogP contribution is 2.68. The second-order valence-electron chi connectivity index (χ2n) is 14.5. The molecule has 0 unspecified atom stereocenters. The number of unbranched alkanes of at least 4 members (excludes halogenated alkanes) is 16. The fraction of sp³-hybridized carbons (Fsp3) is 0.941. The molecular formula is C34H41F27O4. The van der Waals surface area contributed by atoms with Crippen LogP contribution in [0, 0.1) is 0 Å². The maximum atomic E-state index is 13.5. The van der Waals surface area contributed by atoms with Crippen molar-refractivity contribution in [1.82, 2.24) is 0 Å². The van der Waals surface area contributed by atoms with E-state index in [1.54, 1.807) is 0 Å². The van der Waals surface area contributed by atoms with Crippen molar-refractivity contribution in [3.05, 3.63) is 0 Å². The van der Waals surface area contributed by atoms with Crippen LogP contribution in [0.4, 0.5) is 119 Å². The number of alkyl halides is 27. The van der Waals surface area contributed by atoms with Gasteiger partial charge in [0, 0.05) is 6.42 Å². The number of aliphatic carboxylic acids is 2. The maximum Gasteiger partial charge on any atom is 0.460 e. The van der Waals surface area contributed by atoms with Gasteiger partial charge in [0.2, 0.25) is 0 Å². The van der Waals surface area contributed by atoms with E-state index >= 15 is 0 Å². The first kappa shape index (κ1) is 64.1. The van der Waals surface area contributed by atoms with Gasteiger partial charge in [-0.25, -0.2) is 4.79 Å². The summed E-state index contributed by atoms with van der Waals surface area (Å²) in [6, 6.07) is 0. The molecule has 0 aromatic rings. The summed E-state index contributed by atoms with van der Waals surface area (Å²) in [4.78, 5) is 20.3. The average Bonchev–Trinajstić information content (AvgIpc) is 3.14. The Labute approximate surface area is 350 Å². The Hall–Kier alpha value is -2.95. The third-order valence-corrected chi connectivity index (χ3v) is 9.46. The Morgan fingerprint density at radius 2 is 0.477 bits per heavy atom. The molecule has 0 aliphatic heterocycles. The van der Waals surface area contributed by atoms with Crippen molar-refractivity contribution in [1.29, 1.82) is 0 Å². The van der Waals surface area contributed by atoms with E-state index < -0.39 is 89.2 Å². The number of rotatable bonds is 30. The summed E-state index contributed by atoms with van der Waals surface area (Å²) in [5, 5.41) is 16.2. The van der Waals surface area contributed by atoms with Crippen LogP contribution in [0.1, 0.15) is 122 Å². The van der Waals surface area contributed by atoms with Gasteiger partial charge >= 0.3 is 89.2 Å². The molecule has 0 aliphatic rings. The standard InChI is InChI=1S/C20H40O2.C14HF27O2/c1-2-3-4-5-6-7-8-9-10-11-12-13-14-15-16-17-18-19-20(21)22;15-2(16,1(42)43)3(17,18)4(19,20)5(21,22)6(23,24)7(25,26)8(27,28)9(29,30)10(31,32)11(33,34)12(35,36)13(37,38)14(39,40)41/h2-19H2,1H3,(H,21,22);(H,42,43). The molecule has 0 amide bonds. The van der Waals surface area contributed by atoms with E-state index in [0.717, 1.165) is 12.8 Å². The summed E-state index contributed by atoms with van der Waals surface area (Å²) >= 11 is 0. The lowest BCUT2D eigenvalue weighted by molar-refractivity contribution is -0.484. The monoisotopic (exact) mass is 1030 g/mol. The van der Waals surface area contributed by atoms with Crippen molar-refractivity contribution in [3.8, 4) is 0 Å². The maximum absolute atomic E-state index is 13.5. The zero-order chi connectivity index (χ0) is 52.4. The van der Waals surface area contributed by atoms with Crippen LogP contribution in [0.15, 0.2) is 0 Å². The van der Waals surface area contributed by atoms with Crippen molar-refractivity contribution < 1.29 is 138 Å². The summed E-state index contributed by atoms with van der Waals surface area (Å²) in [6.45, 7) is 2.28. The minimum absolute atomic E-state index is 0.346. The van der Waals surface area contributed by atoms with Crippen LogP contribution in [0.3, 0.4) is 0 Å². The number of hydrogen-bond acceptors (Lipinski definition) is 2. The van der Waals surface area contributed by atoms with Gasteiger partial charge in [-0.2, -0.15) is 119 Å². The summed E-state index contributed by atoms with van der Waals surface area (Å²) in [5.74, 6) is -117. The Morgan fingerprint density at radius 1 is 0.292 bits per heavy atom. The van der Waals surface area contributed by atoms with Gasteiger partial charge in [0.1, 0.15) is 0 Å². The Bertz CT molecular complexity index is 1480. The molecule has 2 N–H and O–H groups in total. The third-order valence-electron chi connectivity index (χ3n) is 9.46. The lowest BCUT2D eigenvalue weighted by Gasteiger charge is -2.45. The molecule has 31 heteroatoms. The zero-order valence-electron chi connectivity index (χ0n) is 33.1. The fourth-order valence-electron chi connectivity index (χ4n) is 5.29. The molecule has 0 heterocycles. The number of hydrogen-bond donors (Lipinski definition) is 2. The summed E-state index contributed by atoms with van der Waals surface area (Å²) in [7, 11) is 0. The molecule has 0 spiro atoms. The lowest BCUT2D eigenvalue weighted by atomic mass is 9.84. The van der Waals surface area contributed by atoms with Crippen molar-refractivity contribution in [2.24, 2.45) is 0 Å². The molecule has 4 nitrogen and oxygen atoms in total. The van der Waals surface area contributed by atoms with Crippen molar-refractivity contribution >= 4 is 11.9 Å². The van der Waals surface area contributed by atoms with Crippen molar-refractivity contribution in [2.75, 3.05) is 0 Å². The van der Waals surface area contributed by atoms with E-state index in [2.05, 4.69) is 6.92 Å². The predicted molar refractivity (Wildman–Crippen MR) is 169 cm³/mol. The van der Waals surface area contributed by atoms with Gasteiger partial charge in [-0.05, 0) is 6.42 Å². The largest absolute Gasteiger partial charge is 0.481 e. The molecule has 0 bridgehead atoms. The van der Waals surface area contributed by atoms with Gasteiger partial charge in [-0.1, -0.05) is 110 Å². The summed E-state index contributed by atoms with van der Waals surface area (Å²) in [6.07, 6.45) is 14.9. The molecule has 390 valence electrons. The van der Waals surface area contributed by atoms with E-state index in [9.17, 15) is 128 Å². The first-order valence-electron chi connectivity index (χ1n) is 18.8. The molecular weight excluding hydrogens is 985 g/mol. The quantitative estimate of drug-likeness (QED) is 0.0555. The van der Waals surface area contributed by atoms with Crippen LogP contribution < -0.4 is 0 Å². The minimum Gasteiger partial charge on any atom is -0.481 e. The first-order valence-corrected chi connectivity index (χ1v) is 18.8. The van der Waals surface area contributed by atoms with Gasteiger partial charge < -0.3 is 10.2 Å². The summed E-state index contributed by atoms with van der Waals surface area (Å²) in [5.41, 5.74) is 0. The van der Waals surface area contributed by atoms with E-state index in [-0.39, 0.29) is 0 Å². The number of halogens is 27. The Kier molecular flexibility index (Phi) is 22.1. The molecule has 0 radical (unpaired) electrons. The Balaban J connectivity index is 0. The molecule has 0 fully saturated rings. The number of carboxylic acid groups (broad SMARTS) is 2. The van der Waals surface area contributed by atoms with E-state index in [1.165, 1.54) is 96.3 Å². The van der Waals surface area contributed by atoms with Crippen LogP contribution in [-0.4, -0.2) is 99.4 Å². The first-order chi connectivity index (χ1) is 28.7. The predicted octanol–water partition coefficient (Wildman–Crippen LogP) is 15.4. The smallest absolute Gasteiger partial charge is 0.460 e. The normalized spacial score (nSPS) is 14.9. The second-order valence-corrected chi connectivity index (χ2v) is 14.5. The van der Waals surface area contributed by atoms with Crippen molar-refractivity contribution in [2.45, 2.75) is 200 Å². The van der Waals surface area contributed by atoms with Crippen molar-refractivity contribution in [3.63, 3.8) is 0 Å². The van der Waals surface area contributed by atoms with Crippen LogP contribution >= 0.6 is 0 Å². The van der Waals surface area contributed by atoms with Gasteiger partial charge in [0.25, 0.3) is 0 Å². The highest BCUT2D eigenvalue weighted by Gasteiger charge is 3.00. The fourth-order valence-corrected chi connectivity index (χ4v) is 5.29. The number of carboxylic acids is 2. The zero-order valence-corrected chi connectivity index (χ0v) is 33.1. The molecule has 0 saturated carbocycles. The van der Waals surface area contributed by atoms with Crippen LogP contribution in [-0.2, 0) is 9.59 Å². The topological polar surface area (TPSA) is 74.6 Å². The molecule has 0 rings (SSSR count). The Morgan fingerprint density at radius 3 is 0.662 bits per heavy atom. The van der Waals surface area contributed by atoms with Gasteiger partial charge in [-0.3, -0.25) is 4.79 Å². The molecule has 0 aliphatic carbocycles. The lowest BCUT2D eigenvalue weighted by Crippen LogP contribution is -2.79. The van der Waals surface area contributed by atoms with Gasteiger partial charge in [0.05, 0.1) is 0 Å². The second kappa shape index (κ2) is 22.4. The van der Waals surface area contributed by atoms with Gasteiger partial charge in [0.15, 0.2) is 0 Å². The molecule has 0 atom stereocenters.